The molecule has 164 valence electrons. The van der Waals surface area contributed by atoms with Crippen molar-refractivity contribution in [1.29, 1.82) is 0 Å². The monoisotopic (exact) mass is 468 g/mol. The van der Waals surface area contributed by atoms with E-state index in [1.54, 1.807) is 24.3 Å². The predicted octanol–water partition coefficient (Wildman–Crippen LogP) is 7.09. The fourth-order valence-corrected chi connectivity index (χ4v) is 4.11. The van der Waals surface area contributed by atoms with Crippen LogP contribution in [0.1, 0.15) is 37.6 Å². The number of alkyl halides is 3. The van der Waals surface area contributed by atoms with Crippen molar-refractivity contribution in [2.75, 3.05) is 5.32 Å². The van der Waals surface area contributed by atoms with Gasteiger partial charge in [-0.05, 0) is 53.5 Å². The van der Waals surface area contributed by atoms with Crippen LogP contribution in [-0.2, 0) is 22.8 Å². The number of carbonyl (C=O) groups excluding carboxylic acids is 1. The molecule has 0 saturated carbocycles. The second-order valence-corrected chi connectivity index (χ2v) is 9.07. The molecule has 1 heterocycles. The minimum absolute atomic E-state index is 0.125. The van der Waals surface area contributed by atoms with Gasteiger partial charge in [0, 0.05) is 5.41 Å². The molecule has 0 aliphatic rings. The molecule has 0 radical (unpaired) electrons. The molecule has 1 N–H and O–H groups in total. The molecule has 0 bridgehead atoms. The Bertz CT molecular complexity index is 1060. The number of hydrogen-bond donors (Lipinski definition) is 1. The van der Waals surface area contributed by atoms with E-state index in [9.17, 15) is 18.0 Å². The highest BCUT2D eigenvalue weighted by Crippen LogP contribution is 2.37. The van der Waals surface area contributed by atoms with Crippen LogP contribution in [0, 0.1) is 0 Å². The zero-order valence-electron chi connectivity index (χ0n) is 17.0. The van der Waals surface area contributed by atoms with E-state index in [1.165, 1.54) is 12.1 Å². The number of ether oxygens (including phenoxy) is 1. The predicted molar refractivity (Wildman–Crippen MR) is 116 cm³/mol. The van der Waals surface area contributed by atoms with Crippen molar-refractivity contribution >= 4 is 34.0 Å². The second kappa shape index (κ2) is 8.88. The van der Waals surface area contributed by atoms with Gasteiger partial charge in [-0.1, -0.05) is 44.5 Å². The third kappa shape index (κ3) is 5.98. The Morgan fingerprint density at radius 2 is 1.58 bits per heavy atom. The molecule has 0 saturated heterocycles. The van der Waals surface area contributed by atoms with Crippen LogP contribution in [0.25, 0.3) is 0 Å². The van der Waals surface area contributed by atoms with Crippen molar-refractivity contribution in [2.45, 2.75) is 38.8 Å². The van der Waals surface area contributed by atoms with Crippen LogP contribution in [0.5, 0.6) is 11.5 Å². The minimum atomic E-state index is -4.39. The molecule has 0 aliphatic carbocycles. The Balaban J connectivity index is 1.59. The van der Waals surface area contributed by atoms with E-state index >= 15 is 0 Å². The van der Waals surface area contributed by atoms with Gasteiger partial charge in [-0.25, -0.2) is 0 Å². The van der Waals surface area contributed by atoms with Crippen LogP contribution < -0.4 is 10.1 Å². The lowest BCUT2D eigenvalue weighted by atomic mass is 9.92. The number of rotatable bonds is 5. The normalized spacial score (nSPS) is 12.0. The number of nitrogens with zero attached hydrogens (tertiary/aromatic N) is 1. The molecular weight excluding hydrogens is 449 g/mol. The highest BCUT2D eigenvalue weighted by molar-refractivity contribution is 7.11. The van der Waals surface area contributed by atoms with Gasteiger partial charge in [0.15, 0.2) is 0 Å². The third-order valence-electron chi connectivity index (χ3n) is 4.30. The van der Waals surface area contributed by atoms with Gasteiger partial charge in [0.25, 0.3) is 0 Å². The minimum Gasteiger partial charge on any atom is -0.457 e. The smallest absolute Gasteiger partial charge is 0.416 e. The van der Waals surface area contributed by atoms with Gasteiger partial charge in [0.05, 0.1) is 22.7 Å². The highest BCUT2D eigenvalue weighted by atomic mass is 35.5. The van der Waals surface area contributed by atoms with Gasteiger partial charge in [0.1, 0.15) is 16.5 Å². The van der Waals surface area contributed by atoms with Gasteiger partial charge in [0.2, 0.25) is 5.91 Å². The van der Waals surface area contributed by atoms with Crippen molar-refractivity contribution < 1.29 is 22.7 Å². The van der Waals surface area contributed by atoms with Crippen LogP contribution in [0.15, 0.2) is 48.5 Å². The average Bonchev–Trinajstić information content (AvgIpc) is 3.03. The topological polar surface area (TPSA) is 51.2 Å². The second-order valence-electron chi connectivity index (χ2n) is 7.92. The maximum atomic E-state index is 12.6. The standard InChI is InChI=1S/C22H20ClF3N2O2S/c1-21(2,3)19-18(23)20(31-28-19)27-17(29)12-13-4-8-15(9-5-13)30-16-10-6-14(7-11-16)22(24,25)26/h4-11H,12H2,1-3H3,(H,27,29). The van der Waals surface area contributed by atoms with Crippen molar-refractivity contribution in [3.05, 3.63) is 70.4 Å². The molecule has 3 aromatic rings. The van der Waals surface area contributed by atoms with Crippen LogP contribution in [-0.4, -0.2) is 10.3 Å². The van der Waals surface area contributed by atoms with Gasteiger partial charge >= 0.3 is 6.18 Å². The Kier molecular flexibility index (Phi) is 6.62. The number of halogens is 4. The van der Waals surface area contributed by atoms with Gasteiger partial charge < -0.3 is 10.1 Å². The van der Waals surface area contributed by atoms with Crippen molar-refractivity contribution in [3.63, 3.8) is 0 Å². The molecule has 3 rings (SSSR count). The summed E-state index contributed by atoms with van der Waals surface area (Å²) in [5, 5.41) is 3.75. The summed E-state index contributed by atoms with van der Waals surface area (Å²) in [6, 6.07) is 11.2. The molecule has 0 spiro atoms. The Morgan fingerprint density at radius 1 is 1.03 bits per heavy atom. The van der Waals surface area contributed by atoms with Gasteiger partial charge in [-0.2, -0.15) is 17.5 Å². The van der Waals surface area contributed by atoms with Crippen molar-refractivity contribution in [3.8, 4) is 11.5 Å². The summed E-state index contributed by atoms with van der Waals surface area (Å²) in [5.41, 5.74) is 0.518. The number of amides is 1. The Hall–Kier alpha value is -2.58. The largest absolute Gasteiger partial charge is 0.457 e. The molecule has 0 aliphatic heterocycles. The SMILES string of the molecule is CC(C)(C)c1nsc(NC(=O)Cc2ccc(Oc3ccc(C(F)(F)F)cc3)cc2)c1Cl. The molecule has 4 nitrogen and oxygen atoms in total. The summed E-state index contributed by atoms with van der Waals surface area (Å²) >= 11 is 7.49. The first kappa shape index (κ1) is 23.1. The summed E-state index contributed by atoms with van der Waals surface area (Å²) < 4.78 is 47.8. The summed E-state index contributed by atoms with van der Waals surface area (Å²) in [5.74, 6) is 0.500. The van der Waals surface area contributed by atoms with Crippen molar-refractivity contribution in [1.82, 2.24) is 4.37 Å². The zero-order chi connectivity index (χ0) is 22.8. The van der Waals surface area contributed by atoms with E-state index in [2.05, 4.69) is 9.69 Å². The lowest BCUT2D eigenvalue weighted by Crippen LogP contribution is -2.15. The molecular formula is C22H20ClF3N2O2S. The molecule has 2 aromatic carbocycles. The van der Waals surface area contributed by atoms with Crippen LogP contribution in [0.2, 0.25) is 5.02 Å². The number of anilines is 1. The van der Waals surface area contributed by atoms with Gasteiger partial charge in [-0.3, -0.25) is 4.79 Å². The van der Waals surface area contributed by atoms with Crippen LogP contribution >= 0.6 is 23.1 Å². The van der Waals surface area contributed by atoms with E-state index in [-0.39, 0.29) is 23.5 Å². The fraction of sp³-hybridized carbons (Fsp3) is 0.273. The Labute approximate surface area is 187 Å². The number of hydrogen-bond acceptors (Lipinski definition) is 4. The van der Waals surface area contributed by atoms with E-state index in [4.69, 9.17) is 16.3 Å². The number of carbonyl (C=O) groups is 1. The third-order valence-corrected chi connectivity index (χ3v) is 5.55. The zero-order valence-corrected chi connectivity index (χ0v) is 18.6. The average molecular weight is 469 g/mol. The molecule has 1 aromatic heterocycles. The first-order valence-electron chi connectivity index (χ1n) is 9.33. The first-order valence-corrected chi connectivity index (χ1v) is 10.5. The van der Waals surface area contributed by atoms with Crippen molar-refractivity contribution in [2.24, 2.45) is 0 Å². The van der Waals surface area contributed by atoms with Crippen LogP contribution in [0.3, 0.4) is 0 Å². The maximum Gasteiger partial charge on any atom is 0.416 e. The van der Waals surface area contributed by atoms with E-state index in [1.807, 2.05) is 20.8 Å². The summed E-state index contributed by atoms with van der Waals surface area (Å²) in [6.07, 6.45) is -4.27. The molecule has 1 amide bonds. The summed E-state index contributed by atoms with van der Waals surface area (Å²) in [7, 11) is 0. The number of benzene rings is 2. The molecule has 0 fully saturated rings. The van der Waals surface area contributed by atoms with Gasteiger partial charge in [-0.15, -0.1) is 0 Å². The lowest BCUT2D eigenvalue weighted by Gasteiger charge is -2.15. The molecule has 0 atom stereocenters. The Morgan fingerprint density at radius 3 is 2.06 bits per heavy atom. The highest BCUT2D eigenvalue weighted by Gasteiger charge is 2.30. The molecule has 31 heavy (non-hydrogen) atoms. The first-order chi connectivity index (χ1) is 14.4. The molecule has 0 unspecified atom stereocenters. The van der Waals surface area contributed by atoms with E-state index in [0.29, 0.717) is 15.8 Å². The fourth-order valence-electron chi connectivity index (χ4n) is 2.70. The summed E-state index contributed by atoms with van der Waals surface area (Å²) in [6.45, 7) is 5.98. The summed E-state index contributed by atoms with van der Waals surface area (Å²) in [4.78, 5) is 12.4. The maximum absolute atomic E-state index is 12.6. The number of aromatic nitrogens is 1. The van der Waals surface area contributed by atoms with Crippen LogP contribution in [0.4, 0.5) is 18.2 Å². The van der Waals surface area contributed by atoms with E-state index < -0.39 is 11.7 Å². The van der Waals surface area contributed by atoms with E-state index in [0.717, 1.165) is 34.9 Å². The number of nitrogens with one attached hydrogen (secondary N) is 1. The quantitative estimate of drug-likeness (QED) is 0.435. The lowest BCUT2D eigenvalue weighted by molar-refractivity contribution is -0.137. The molecule has 9 heteroatoms.